The van der Waals surface area contributed by atoms with Gasteiger partial charge in [-0.05, 0) is 81.1 Å². The topological polar surface area (TPSA) is 157 Å². The van der Waals surface area contributed by atoms with Crippen LogP contribution in [0, 0.1) is 0 Å². The lowest BCUT2D eigenvalue weighted by Crippen LogP contribution is -2.64. The Morgan fingerprint density at radius 2 is 1.09 bits per heavy atom. The van der Waals surface area contributed by atoms with Crippen LogP contribution in [0.15, 0.2) is 0 Å². The first-order valence-corrected chi connectivity index (χ1v) is 12.0. The number of nitrogens with zero attached hydrogens (tertiary/aromatic N) is 2. The lowest BCUT2D eigenvalue weighted by Gasteiger charge is -2.52. The first kappa shape index (κ1) is 29.4. The molecule has 0 radical (unpaired) electrons. The number of carbonyl (C=O) groups excluding carboxylic acids is 2. The monoisotopic (exact) mass is 502 g/mol. The first-order valence-electron chi connectivity index (χ1n) is 12.0. The van der Waals surface area contributed by atoms with Crippen LogP contribution in [-0.4, -0.2) is 88.4 Å². The summed E-state index contributed by atoms with van der Waals surface area (Å²) < 4.78 is 0. The Morgan fingerprint density at radius 3 is 1.43 bits per heavy atom. The number of rotatable bonds is 7. The van der Waals surface area contributed by atoms with E-state index in [0.717, 1.165) is 0 Å². The van der Waals surface area contributed by atoms with Crippen LogP contribution < -0.4 is 0 Å². The van der Waals surface area contributed by atoms with Gasteiger partial charge in [-0.25, -0.2) is 4.79 Å². The molecule has 4 N–H and O–H groups in total. The van der Waals surface area contributed by atoms with E-state index in [9.17, 15) is 34.8 Å². The molecule has 0 aliphatic carbocycles. The van der Waals surface area contributed by atoms with Crippen molar-refractivity contribution in [3.05, 3.63) is 0 Å². The van der Waals surface area contributed by atoms with Gasteiger partial charge in [-0.2, -0.15) is 0 Å². The quantitative estimate of drug-likeness (QED) is 0.400. The minimum absolute atomic E-state index is 0.286. The van der Waals surface area contributed by atoms with Gasteiger partial charge in [-0.1, -0.05) is 0 Å². The predicted octanol–water partition coefficient (Wildman–Crippen LogP) is 1.53. The summed E-state index contributed by atoms with van der Waals surface area (Å²) in [5.74, 6) is -3.79. The number of aliphatic hydroxyl groups is 3. The Morgan fingerprint density at radius 1 is 0.743 bits per heavy atom. The fourth-order valence-electron chi connectivity index (χ4n) is 5.91. The van der Waals surface area contributed by atoms with E-state index in [1.165, 1.54) is 10.1 Å². The Labute approximate surface area is 206 Å². The average molecular weight is 503 g/mol. The van der Waals surface area contributed by atoms with Gasteiger partial charge in [-0.3, -0.25) is 9.59 Å². The fraction of sp³-hybridized carbons (Fsp3) is 0.875. The van der Waals surface area contributed by atoms with Gasteiger partial charge in [0.1, 0.15) is 0 Å². The van der Waals surface area contributed by atoms with Gasteiger partial charge < -0.3 is 30.1 Å². The fourth-order valence-corrected chi connectivity index (χ4v) is 5.91. The van der Waals surface area contributed by atoms with E-state index >= 15 is 0 Å². The smallest absolute Gasteiger partial charge is 0.358 e. The van der Waals surface area contributed by atoms with Crippen LogP contribution in [-0.2, 0) is 24.1 Å². The van der Waals surface area contributed by atoms with Crippen molar-refractivity contribution in [1.82, 2.24) is 10.1 Å². The highest BCUT2D eigenvalue weighted by atomic mass is 16.7. The number of hydroxylamine groups is 4. The molecule has 0 aromatic rings. The van der Waals surface area contributed by atoms with Crippen molar-refractivity contribution in [1.29, 1.82) is 0 Å². The van der Waals surface area contributed by atoms with E-state index in [-0.39, 0.29) is 12.8 Å². The molecule has 11 heteroatoms. The highest BCUT2D eigenvalue weighted by Gasteiger charge is 2.53. The van der Waals surface area contributed by atoms with Crippen LogP contribution >= 0.6 is 0 Å². The number of hydrogen-bond acceptors (Lipinski definition) is 10. The zero-order chi connectivity index (χ0) is 27.2. The molecule has 11 nitrogen and oxygen atoms in total. The van der Waals surface area contributed by atoms with Crippen LogP contribution in [0.5, 0.6) is 0 Å². The van der Waals surface area contributed by atoms with Crippen molar-refractivity contribution in [2.75, 3.05) is 0 Å². The number of carboxylic acid groups (broad SMARTS) is 1. The molecule has 0 saturated carbocycles. The highest BCUT2D eigenvalue weighted by Crippen LogP contribution is 2.41. The zero-order valence-electron chi connectivity index (χ0n) is 22.1. The Hall–Kier alpha value is -1.79. The lowest BCUT2D eigenvalue weighted by molar-refractivity contribution is -0.290. The van der Waals surface area contributed by atoms with Crippen molar-refractivity contribution >= 4 is 17.9 Å². The molecule has 202 valence electrons. The third kappa shape index (κ3) is 6.71. The van der Waals surface area contributed by atoms with E-state index in [4.69, 9.17) is 9.68 Å². The van der Waals surface area contributed by atoms with Gasteiger partial charge in [0, 0.05) is 0 Å². The molecular weight excluding hydrogens is 460 g/mol. The SMILES string of the molecule is CC1(C)CC(O)CC(C)(C)N1OC(=O)CC(O)(CC(=O)O)C(=O)ON1C(C)(C)CC(O)CC1(C)C. The third-order valence-electron chi connectivity index (χ3n) is 6.77. The largest absolute Gasteiger partial charge is 0.481 e. The van der Waals surface area contributed by atoms with Crippen molar-refractivity contribution in [3.8, 4) is 0 Å². The molecule has 1 atom stereocenters. The number of hydrogen-bond donors (Lipinski definition) is 4. The average Bonchev–Trinajstić information content (AvgIpc) is 2.58. The van der Waals surface area contributed by atoms with Crippen LogP contribution in [0.2, 0.25) is 0 Å². The summed E-state index contributed by atoms with van der Waals surface area (Å²) in [6.07, 6.45) is -2.00. The van der Waals surface area contributed by atoms with Gasteiger partial charge in [0.25, 0.3) is 0 Å². The van der Waals surface area contributed by atoms with Crippen molar-refractivity contribution in [2.24, 2.45) is 0 Å². The van der Waals surface area contributed by atoms with Gasteiger partial charge in [0.05, 0.1) is 47.2 Å². The maximum atomic E-state index is 13.2. The van der Waals surface area contributed by atoms with Crippen LogP contribution in [0.3, 0.4) is 0 Å². The normalized spacial score (nSPS) is 26.5. The standard InChI is InChI=1S/C24H42N2O9/c1-20(2)9-15(27)10-21(3,4)25(20)34-18(31)14-24(33,13-17(29)30)19(32)35-26-22(5,6)11-16(28)12-23(26,7)8/h15-16,27-28,33H,9-14H2,1-8H3,(H,29,30). The maximum absolute atomic E-state index is 13.2. The minimum Gasteiger partial charge on any atom is -0.481 e. The summed E-state index contributed by atoms with van der Waals surface area (Å²) in [5.41, 5.74) is -5.81. The molecule has 0 aromatic heterocycles. The first-order chi connectivity index (χ1) is 15.6. The second-order valence-electron chi connectivity index (χ2n) is 12.6. The number of piperidine rings is 2. The molecule has 2 aliphatic heterocycles. The summed E-state index contributed by atoms with van der Waals surface area (Å²) >= 11 is 0. The van der Waals surface area contributed by atoms with E-state index in [2.05, 4.69) is 0 Å². The van der Waals surface area contributed by atoms with Crippen molar-refractivity contribution in [2.45, 2.75) is 134 Å². The Bertz CT molecular complexity index is 803. The summed E-state index contributed by atoms with van der Waals surface area (Å²) in [5, 5.41) is 43.6. The van der Waals surface area contributed by atoms with E-state index in [0.29, 0.717) is 12.8 Å². The van der Waals surface area contributed by atoms with Gasteiger partial charge in [0.2, 0.25) is 0 Å². The summed E-state index contributed by atoms with van der Waals surface area (Å²) in [7, 11) is 0. The molecule has 0 bridgehead atoms. The Kier molecular flexibility index (Phi) is 8.06. The van der Waals surface area contributed by atoms with Crippen LogP contribution in [0.4, 0.5) is 0 Å². The second-order valence-corrected chi connectivity index (χ2v) is 12.6. The molecule has 2 heterocycles. The van der Waals surface area contributed by atoms with Gasteiger partial charge in [-0.15, -0.1) is 10.1 Å². The van der Waals surface area contributed by atoms with Gasteiger partial charge >= 0.3 is 17.9 Å². The van der Waals surface area contributed by atoms with Crippen LogP contribution in [0.25, 0.3) is 0 Å². The molecule has 2 fully saturated rings. The summed E-state index contributed by atoms with van der Waals surface area (Å²) in [6.45, 7) is 14.2. The molecule has 2 aliphatic rings. The van der Waals surface area contributed by atoms with E-state index in [1.807, 2.05) is 0 Å². The highest BCUT2D eigenvalue weighted by molar-refractivity contribution is 5.89. The number of carboxylic acids is 1. The molecule has 2 saturated heterocycles. The minimum atomic E-state index is -2.69. The summed E-state index contributed by atoms with van der Waals surface area (Å²) in [6, 6.07) is 0. The Balaban J connectivity index is 2.26. The zero-order valence-corrected chi connectivity index (χ0v) is 22.1. The third-order valence-corrected chi connectivity index (χ3v) is 6.77. The molecular formula is C24H42N2O9. The second kappa shape index (κ2) is 9.59. The maximum Gasteiger partial charge on any atom is 0.358 e. The van der Waals surface area contributed by atoms with Gasteiger partial charge in [0.15, 0.2) is 5.60 Å². The molecule has 0 amide bonds. The van der Waals surface area contributed by atoms with E-state index in [1.54, 1.807) is 55.4 Å². The van der Waals surface area contributed by atoms with E-state index < -0.39 is 70.7 Å². The van der Waals surface area contributed by atoms with Crippen molar-refractivity contribution in [3.63, 3.8) is 0 Å². The number of aliphatic carboxylic acids is 1. The molecule has 0 spiro atoms. The number of aliphatic hydroxyl groups excluding tert-OH is 2. The summed E-state index contributed by atoms with van der Waals surface area (Å²) in [4.78, 5) is 48.7. The predicted molar refractivity (Wildman–Crippen MR) is 124 cm³/mol. The molecule has 35 heavy (non-hydrogen) atoms. The lowest BCUT2D eigenvalue weighted by atomic mass is 9.80. The number of carbonyl (C=O) groups is 3. The van der Waals surface area contributed by atoms with Crippen LogP contribution in [0.1, 0.15) is 93.9 Å². The van der Waals surface area contributed by atoms with Crippen molar-refractivity contribution < 1.29 is 44.5 Å². The molecule has 0 aromatic carbocycles. The molecule has 1 unspecified atom stereocenters. The molecule has 2 rings (SSSR count).